The lowest BCUT2D eigenvalue weighted by Crippen LogP contribution is -2.24. The minimum Gasteiger partial charge on any atom is -0.466 e. The van der Waals surface area contributed by atoms with E-state index in [2.05, 4.69) is 6.58 Å². The van der Waals surface area contributed by atoms with Crippen LogP contribution in [-0.2, 0) is 20.9 Å². The predicted molar refractivity (Wildman–Crippen MR) is 89.1 cm³/mol. The highest BCUT2D eigenvalue weighted by atomic mass is 16.6. The highest BCUT2D eigenvalue weighted by Gasteiger charge is 2.20. The monoisotopic (exact) mass is 328 g/mol. The van der Waals surface area contributed by atoms with Gasteiger partial charge in [0.2, 0.25) is 0 Å². The molecule has 0 unspecified atom stereocenters. The number of hydrogen-bond donors (Lipinski definition) is 0. The highest BCUT2D eigenvalue weighted by molar-refractivity contribution is 6.15. The molecule has 0 saturated carbocycles. The Morgan fingerprint density at radius 2 is 1.71 bits per heavy atom. The Morgan fingerprint density at radius 3 is 2.25 bits per heavy atom. The molecule has 0 N–H and O–H groups in total. The molecule has 2 aromatic rings. The van der Waals surface area contributed by atoms with Crippen molar-refractivity contribution in [3.63, 3.8) is 0 Å². The fraction of sp³-hybridized carbons (Fsp3) is 0.263. The molecular formula is C19H20O5. The fourth-order valence-electron chi connectivity index (χ4n) is 1.88. The van der Waals surface area contributed by atoms with E-state index >= 15 is 0 Å². The number of carbonyl (C=O) groups is 2. The van der Waals surface area contributed by atoms with E-state index in [9.17, 15) is 9.59 Å². The second-order valence-electron chi connectivity index (χ2n) is 6.21. The molecule has 0 spiro atoms. The number of furan rings is 1. The van der Waals surface area contributed by atoms with Crippen molar-refractivity contribution in [1.82, 2.24) is 0 Å². The number of rotatable bonds is 5. The third-order valence-corrected chi connectivity index (χ3v) is 3.04. The minimum absolute atomic E-state index is 0.0677. The van der Waals surface area contributed by atoms with E-state index in [0.717, 1.165) is 0 Å². The Balaban J connectivity index is 1.98. The lowest BCUT2D eigenvalue weighted by Gasteiger charge is -2.20. The maximum absolute atomic E-state index is 12.0. The number of hydrogen-bond acceptors (Lipinski definition) is 5. The summed E-state index contributed by atoms with van der Waals surface area (Å²) in [4.78, 5) is 24.0. The first kappa shape index (κ1) is 17.5. The van der Waals surface area contributed by atoms with E-state index in [1.165, 1.54) is 6.26 Å². The van der Waals surface area contributed by atoms with E-state index in [0.29, 0.717) is 16.9 Å². The molecule has 0 bridgehead atoms. The summed E-state index contributed by atoms with van der Waals surface area (Å²) in [5.74, 6) is -0.394. The summed E-state index contributed by atoms with van der Waals surface area (Å²) in [5.41, 5.74) is 0.616. The van der Waals surface area contributed by atoms with Crippen molar-refractivity contribution in [2.45, 2.75) is 33.0 Å². The zero-order valence-corrected chi connectivity index (χ0v) is 14.0. The van der Waals surface area contributed by atoms with Crippen LogP contribution in [0, 0.1) is 0 Å². The van der Waals surface area contributed by atoms with Gasteiger partial charge in [0.15, 0.2) is 0 Å². The van der Waals surface area contributed by atoms with Crippen molar-refractivity contribution in [2.24, 2.45) is 0 Å². The van der Waals surface area contributed by atoms with E-state index in [-0.39, 0.29) is 12.2 Å². The molecule has 0 amide bonds. The first-order valence-electron chi connectivity index (χ1n) is 7.48. The average molecular weight is 328 g/mol. The van der Waals surface area contributed by atoms with Gasteiger partial charge in [-0.1, -0.05) is 18.7 Å². The van der Waals surface area contributed by atoms with Crippen LogP contribution in [0.5, 0.6) is 0 Å². The summed E-state index contributed by atoms with van der Waals surface area (Å²) < 4.78 is 15.5. The highest BCUT2D eigenvalue weighted by Crippen LogP contribution is 2.19. The zero-order chi connectivity index (χ0) is 17.7. The van der Waals surface area contributed by atoms with Crippen LogP contribution in [0.2, 0.25) is 0 Å². The third-order valence-electron chi connectivity index (χ3n) is 3.04. The molecule has 0 aliphatic rings. The van der Waals surface area contributed by atoms with Gasteiger partial charge < -0.3 is 13.9 Å². The molecule has 1 aromatic carbocycles. The fourth-order valence-corrected chi connectivity index (χ4v) is 1.88. The van der Waals surface area contributed by atoms with Crippen molar-refractivity contribution in [3.8, 4) is 0 Å². The molecule has 2 rings (SSSR count). The van der Waals surface area contributed by atoms with Crippen LogP contribution in [0.25, 0.3) is 5.57 Å². The number of ether oxygens (including phenoxy) is 2. The van der Waals surface area contributed by atoms with E-state index < -0.39 is 17.5 Å². The van der Waals surface area contributed by atoms with Crippen molar-refractivity contribution >= 4 is 17.5 Å². The van der Waals surface area contributed by atoms with Gasteiger partial charge in [-0.2, -0.15) is 0 Å². The van der Waals surface area contributed by atoms with Crippen LogP contribution in [0.4, 0.5) is 0 Å². The summed E-state index contributed by atoms with van der Waals surface area (Å²) in [5, 5.41) is 0. The molecular weight excluding hydrogens is 308 g/mol. The molecule has 0 aliphatic carbocycles. The normalized spacial score (nSPS) is 11.0. The maximum Gasteiger partial charge on any atom is 0.338 e. The van der Waals surface area contributed by atoms with Gasteiger partial charge in [-0.15, -0.1) is 0 Å². The average Bonchev–Trinajstić information content (AvgIpc) is 3.04. The van der Waals surface area contributed by atoms with Crippen LogP contribution < -0.4 is 0 Å². The summed E-state index contributed by atoms with van der Waals surface area (Å²) in [6, 6.07) is 9.87. The van der Waals surface area contributed by atoms with Gasteiger partial charge >= 0.3 is 11.9 Å². The lowest BCUT2D eigenvalue weighted by atomic mass is 10.1. The molecule has 126 valence electrons. The van der Waals surface area contributed by atoms with Crippen molar-refractivity contribution in [2.75, 3.05) is 0 Å². The van der Waals surface area contributed by atoms with Gasteiger partial charge in [-0.3, -0.25) is 0 Å². The molecule has 0 radical (unpaired) electrons. The Bertz CT molecular complexity index is 718. The number of carbonyl (C=O) groups excluding carboxylic acids is 2. The van der Waals surface area contributed by atoms with Gasteiger partial charge in [0.25, 0.3) is 0 Å². The van der Waals surface area contributed by atoms with Crippen molar-refractivity contribution in [1.29, 1.82) is 0 Å². The Morgan fingerprint density at radius 1 is 1.08 bits per heavy atom. The molecule has 1 aromatic heterocycles. The first-order valence-corrected chi connectivity index (χ1v) is 7.48. The van der Waals surface area contributed by atoms with Crippen LogP contribution in [0.1, 0.15) is 42.5 Å². The van der Waals surface area contributed by atoms with Gasteiger partial charge in [-0.05, 0) is 50.6 Å². The van der Waals surface area contributed by atoms with Gasteiger partial charge in [-0.25, -0.2) is 9.59 Å². The second-order valence-corrected chi connectivity index (χ2v) is 6.21. The van der Waals surface area contributed by atoms with Crippen LogP contribution in [-0.4, -0.2) is 17.5 Å². The van der Waals surface area contributed by atoms with Crippen LogP contribution in [0.15, 0.2) is 53.7 Å². The number of esters is 2. The Labute approximate surface area is 140 Å². The van der Waals surface area contributed by atoms with Gasteiger partial charge in [0.1, 0.15) is 18.0 Å². The smallest absolute Gasteiger partial charge is 0.338 e. The standard InChI is InChI=1S/C19H20O5/c1-13(17(20)24-19(2,3)4)14-7-9-15(10-8-14)18(21)23-12-16-6-5-11-22-16/h5-11H,1,12H2,2-4H3. The van der Waals surface area contributed by atoms with Crippen molar-refractivity contribution < 1.29 is 23.5 Å². The van der Waals surface area contributed by atoms with E-state index in [1.54, 1.807) is 57.2 Å². The summed E-state index contributed by atoms with van der Waals surface area (Å²) in [7, 11) is 0. The zero-order valence-electron chi connectivity index (χ0n) is 14.0. The van der Waals surface area contributed by atoms with Crippen LogP contribution >= 0.6 is 0 Å². The molecule has 0 fully saturated rings. The largest absolute Gasteiger partial charge is 0.466 e. The summed E-state index contributed by atoms with van der Waals surface area (Å²) in [6.07, 6.45) is 1.51. The van der Waals surface area contributed by atoms with E-state index in [1.807, 2.05) is 0 Å². The van der Waals surface area contributed by atoms with Gasteiger partial charge in [0, 0.05) is 0 Å². The summed E-state index contributed by atoms with van der Waals surface area (Å²) in [6.45, 7) is 9.18. The SMILES string of the molecule is C=C(C(=O)OC(C)(C)C)c1ccc(C(=O)OCc2ccco2)cc1. The lowest BCUT2D eigenvalue weighted by molar-refractivity contribution is -0.147. The number of benzene rings is 1. The second kappa shape index (κ2) is 7.17. The van der Waals surface area contributed by atoms with E-state index in [4.69, 9.17) is 13.9 Å². The van der Waals surface area contributed by atoms with Crippen molar-refractivity contribution in [3.05, 3.63) is 66.1 Å². The Kier molecular flexibility index (Phi) is 5.24. The molecule has 5 heteroatoms. The maximum atomic E-state index is 12.0. The first-order chi connectivity index (χ1) is 11.3. The summed E-state index contributed by atoms with van der Waals surface area (Å²) >= 11 is 0. The molecule has 1 heterocycles. The molecule has 24 heavy (non-hydrogen) atoms. The quantitative estimate of drug-likeness (QED) is 0.613. The molecule has 5 nitrogen and oxygen atoms in total. The third kappa shape index (κ3) is 4.84. The topological polar surface area (TPSA) is 65.7 Å². The molecule has 0 aliphatic heterocycles. The predicted octanol–water partition coefficient (Wildman–Crippen LogP) is 3.99. The Hall–Kier alpha value is -2.82. The minimum atomic E-state index is -0.588. The van der Waals surface area contributed by atoms with Crippen LogP contribution in [0.3, 0.4) is 0 Å². The molecule has 0 atom stereocenters. The van der Waals surface area contributed by atoms with Gasteiger partial charge in [0.05, 0.1) is 17.4 Å². The molecule has 0 saturated heterocycles.